The fourth-order valence-corrected chi connectivity index (χ4v) is 5.79. The van der Waals surface area contributed by atoms with Crippen molar-refractivity contribution < 1.29 is 0 Å². The quantitative estimate of drug-likeness (QED) is 0.313. The zero-order chi connectivity index (χ0) is 18.5. The van der Waals surface area contributed by atoms with Crippen LogP contribution in [0.4, 0.5) is 0 Å². The van der Waals surface area contributed by atoms with E-state index in [1.54, 1.807) is 0 Å². The summed E-state index contributed by atoms with van der Waals surface area (Å²) >= 11 is 1.88. The number of benzene rings is 4. The van der Waals surface area contributed by atoms with Crippen LogP contribution in [0, 0.1) is 0 Å². The summed E-state index contributed by atoms with van der Waals surface area (Å²) in [7, 11) is 0. The lowest BCUT2D eigenvalue weighted by atomic mass is 9.89. The summed E-state index contributed by atoms with van der Waals surface area (Å²) in [6, 6.07) is 25.3. The van der Waals surface area contributed by atoms with Gasteiger partial charge < -0.3 is 5.32 Å². The lowest BCUT2D eigenvalue weighted by Gasteiger charge is -2.35. The van der Waals surface area contributed by atoms with Gasteiger partial charge in [0.25, 0.3) is 0 Å². The second-order valence-corrected chi connectivity index (χ2v) is 8.69. The maximum atomic E-state index is 3.51. The zero-order valence-electron chi connectivity index (χ0n) is 16.5. The van der Waals surface area contributed by atoms with E-state index in [2.05, 4.69) is 82.3 Å². The van der Waals surface area contributed by atoms with Crippen molar-refractivity contribution in [2.24, 2.45) is 0 Å². The molecule has 30 heavy (non-hydrogen) atoms. The van der Waals surface area contributed by atoms with Crippen LogP contribution in [-0.4, -0.2) is 31.1 Å². The van der Waals surface area contributed by atoms with Gasteiger partial charge in [0.1, 0.15) is 0 Å². The lowest BCUT2D eigenvalue weighted by Crippen LogP contribution is -2.45. The van der Waals surface area contributed by atoms with Gasteiger partial charge in [0.05, 0.1) is 6.04 Å². The van der Waals surface area contributed by atoms with Gasteiger partial charge in [0.15, 0.2) is 0 Å². The van der Waals surface area contributed by atoms with E-state index in [9.17, 15) is 0 Å². The van der Waals surface area contributed by atoms with Crippen molar-refractivity contribution in [2.45, 2.75) is 6.04 Å². The monoisotopic (exact) mass is 454 g/mol. The fourth-order valence-electron chi connectivity index (χ4n) is 4.91. The van der Waals surface area contributed by atoms with E-state index in [-0.39, 0.29) is 24.8 Å². The predicted octanol–water partition coefficient (Wildman–Crippen LogP) is 6.48. The summed E-state index contributed by atoms with van der Waals surface area (Å²) in [4.78, 5) is 4.09. The van der Waals surface area contributed by atoms with Crippen LogP contribution < -0.4 is 5.32 Å². The van der Waals surface area contributed by atoms with Crippen LogP contribution in [0.25, 0.3) is 32.3 Å². The molecule has 6 rings (SSSR count). The highest BCUT2D eigenvalue weighted by atomic mass is 35.5. The molecule has 0 aliphatic carbocycles. The summed E-state index contributed by atoms with van der Waals surface area (Å²) in [5, 5.41) is 14.0. The topological polar surface area (TPSA) is 15.3 Å². The minimum absolute atomic E-state index is 0. The van der Waals surface area contributed by atoms with Crippen molar-refractivity contribution in [2.75, 3.05) is 26.2 Å². The molecule has 0 unspecified atom stereocenters. The molecular weight excluding hydrogens is 431 g/mol. The van der Waals surface area contributed by atoms with Gasteiger partial charge in [0.2, 0.25) is 0 Å². The fraction of sp³-hybridized carbons (Fsp3) is 0.200. The first-order chi connectivity index (χ1) is 13.9. The number of halogens is 2. The first-order valence-corrected chi connectivity index (χ1v) is 10.9. The van der Waals surface area contributed by atoms with Crippen LogP contribution in [0.2, 0.25) is 0 Å². The number of rotatable bonds is 3. The Bertz CT molecular complexity index is 1250. The van der Waals surface area contributed by atoms with E-state index in [0.29, 0.717) is 6.04 Å². The molecule has 0 spiro atoms. The van der Waals surface area contributed by atoms with E-state index in [0.717, 1.165) is 26.2 Å². The van der Waals surface area contributed by atoms with Gasteiger partial charge in [-0.2, -0.15) is 0 Å². The van der Waals surface area contributed by atoms with E-state index < -0.39 is 0 Å². The molecule has 2 nitrogen and oxygen atoms in total. The van der Waals surface area contributed by atoms with Crippen LogP contribution in [0.3, 0.4) is 0 Å². The Balaban J connectivity index is 0.00000109. The van der Waals surface area contributed by atoms with Crippen molar-refractivity contribution in [1.82, 2.24) is 10.2 Å². The van der Waals surface area contributed by atoms with Gasteiger partial charge in [-0.15, -0.1) is 36.2 Å². The number of nitrogens with one attached hydrogen (secondary N) is 1. The molecule has 1 atom stereocenters. The number of hydrogen-bond donors (Lipinski definition) is 1. The summed E-state index contributed by atoms with van der Waals surface area (Å²) in [5.74, 6) is 0. The molecule has 0 saturated carbocycles. The van der Waals surface area contributed by atoms with Gasteiger partial charge >= 0.3 is 0 Å². The molecule has 0 bridgehead atoms. The summed E-state index contributed by atoms with van der Waals surface area (Å²) in [5.41, 5.74) is 1.44. The maximum absolute atomic E-state index is 3.51. The number of nitrogens with zero attached hydrogens (tertiary/aromatic N) is 1. The molecule has 1 saturated heterocycles. The van der Waals surface area contributed by atoms with E-state index >= 15 is 0 Å². The summed E-state index contributed by atoms with van der Waals surface area (Å²) in [6.07, 6.45) is 0. The average molecular weight is 455 g/mol. The van der Waals surface area contributed by atoms with Gasteiger partial charge in [-0.3, -0.25) is 4.90 Å². The highest BCUT2D eigenvalue weighted by Crippen LogP contribution is 2.41. The van der Waals surface area contributed by atoms with Gasteiger partial charge in [-0.1, -0.05) is 60.7 Å². The third-order valence-electron chi connectivity index (χ3n) is 6.19. The standard InChI is InChI=1S/C25H22N2S.2ClH/c1-3-17-6-7-19-9-11-21(20-10-8-18(4-1)23(17)24(19)20)25(22-5-2-16-28-22)27-14-12-26-13-15-27;;/h1-11,16,25-26H,12-15H2;2*1H/t25-;;/m1../s1. The van der Waals surface area contributed by atoms with Gasteiger partial charge in [-0.05, 0) is 49.3 Å². The van der Waals surface area contributed by atoms with Crippen LogP contribution in [0.1, 0.15) is 16.5 Å². The van der Waals surface area contributed by atoms with Crippen molar-refractivity contribution in [1.29, 1.82) is 0 Å². The van der Waals surface area contributed by atoms with Gasteiger partial charge in [-0.25, -0.2) is 0 Å². The molecule has 5 heteroatoms. The number of thiophene rings is 1. The largest absolute Gasteiger partial charge is 0.314 e. The van der Waals surface area contributed by atoms with E-state index in [1.807, 2.05) is 11.3 Å². The molecule has 154 valence electrons. The smallest absolute Gasteiger partial charge is 0.0702 e. The van der Waals surface area contributed by atoms with Crippen LogP contribution in [-0.2, 0) is 0 Å². The van der Waals surface area contributed by atoms with Crippen molar-refractivity contribution in [3.8, 4) is 0 Å². The van der Waals surface area contributed by atoms with Crippen LogP contribution >= 0.6 is 36.2 Å². The Morgan fingerprint density at radius 2 is 1.40 bits per heavy atom. The first kappa shape index (κ1) is 21.4. The predicted molar refractivity (Wildman–Crippen MR) is 135 cm³/mol. The molecule has 1 fully saturated rings. The molecule has 4 aromatic carbocycles. The summed E-state index contributed by atoms with van der Waals surface area (Å²) in [6.45, 7) is 4.30. The van der Waals surface area contributed by atoms with Crippen molar-refractivity contribution in [3.05, 3.63) is 82.6 Å². The molecule has 1 N–H and O–H groups in total. The minimum atomic E-state index is 0. The Hall–Kier alpha value is -1.88. The highest BCUT2D eigenvalue weighted by molar-refractivity contribution is 7.10. The SMILES string of the molecule is Cl.Cl.c1csc([C@@H](c2ccc3ccc4cccc5ccc2c3c45)N2CCNCC2)c1. The highest BCUT2D eigenvalue weighted by Gasteiger charge is 2.26. The van der Waals surface area contributed by atoms with E-state index in [4.69, 9.17) is 0 Å². The number of hydrogen-bond acceptors (Lipinski definition) is 3. The Morgan fingerprint density at radius 1 is 0.733 bits per heavy atom. The summed E-state index contributed by atoms with van der Waals surface area (Å²) < 4.78 is 0. The Labute approximate surface area is 193 Å². The van der Waals surface area contributed by atoms with Crippen molar-refractivity contribution >= 4 is 68.5 Å². The number of piperazine rings is 1. The molecule has 1 aromatic heterocycles. The first-order valence-electron chi connectivity index (χ1n) is 10.0. The minimum Gasteiger partial charge on any atom is -0.314 e. The van der Waals surface area contributed by atoms with Gasteiger partial charge in [0, 0.05) is 31.1 Å². The normalized spacial score (nSPS) is 15.9. The Kier molecular flexibility index (Phi) is 6.19. The second kappa shape index (κ2) is 8.70. The zero-order valence-corrected chi connectivity index (χ0v) is 19.0. The lowest BCUT2D eigenvalue weighted by molar-refractivity contribution is 0.201. The molecule has 5 aromatic rings. The molecule has 0 radical (unpaired) electrons. The Morgan fingerprint density at radius 3 is 2.10 bits per heavy atom. The molecule has 2 heterocycles. The van der Waals surface area contributed by atoms with E-state index in [1.165, 1.54) is 42.8 Å². The average Bonchev–Trinajstić information content (AvgIpc) is 3.28. The maximum Gasteiger partial charge on any atom is 0.0702 e. The molecule has 0 amide bonds. The third kappa shape index (κ3) is 3.35. The second-order valence-electron chi connectivity index (χ2n) is 7.71. The molecule has 1 aliphatic heterocycles. The molecule has 1 aliphatic rings. The third-order valence-corrected chi connectivity index (χ3v) is 7.11. The van der Waals surface area contributed by atoms with Crippen LogP contribution in [0.15, 0.2) is 72.1 Å². The van der Waals surface area contributed by atoms with Crippen LogP contribution in [0.5, 0.6) is 0 Å². The van der Waals surface area contributed by atoms with Crippen molar-refractivity contribution in [3.63, 3.8) is 0 Å². The molecular formula is C25H24Cl2N2S.